The first kappa shape index (κ1) is 14.3. The Labute approximate surface area is 122 Å². The molecule has 114 valence electrons. The summed E-state index contributed by atoms with van der Waals surface area (Å²) in [4.78, 5) is 17.0. The molecule has 1 aliphatic carbocycles. The first-order chi connectivity index (χ1) is 9.56. The number of nitrogens with zero attached hydrogens (tertiary/aromatic N) is 2. The molecule has 3 aliphatic rings. The molecule has 0 spiro atoms. The molecule has 0 bridgehead atoms. The van der Waals surface area contributed by atoms with Crippen molar-refractivity contribution in [1.82, 2.24) is 15.1 Å². The van der Waals surface area contributed by atoms with Gasteiger partial charge in [-0.1, -0.05) is 0 Å². The Morgan fingerprint density at radius 2 is 2.05 bits per heavy atom. The Morgan fingerprint density at radius 1 is 1.25 bits per heavy atom. The summed E-state index contributed by atoms with van der Waals surface area (Å²) in [6, 6.07) is 0. The highest BCUT2D eigenvalue weighted by molar-refractivity contribution is 5.81. The molecule has 0 aromatic heterocycles. The third-order valence-corrected chi connectivity index (χ3v) is 5.19. The smallest absolute Gasteiger partial charge is 0.225 e. The van der Waals surface area contributed by atoms with Crippen LogP contribution in [-0.4, -0.2) is 60.5 Å². The fourth-order valence-corrected chi connectivity index (χ4v) is 3.70. The summed E-state index contributed by atoms with van der Waals surface area (Å²) in [5.74, 6) is 1.56. The molecule has 1 N–H and O–H groups in total. The largest absolute Gasteiger partial charge is 0.339 e. The van der Waals surface area contributed by atoms with Crippen LogP contribution in [-0.2, 0) is 4.79 Å². The van der Waals surface area contributed by atoms with E-state index in [4.69, 9.17) is 0 Å². The number of hydrogen-bond donors (Lipinski definition) is 1. The average molecular weight is 279 g/mol. The van der Waals surface area contributed by atoms with Crippen molar-refractivity contribution in [3.63, 3.8) is 0 Å². The van der Waals surface area contributed by atoms with Gasteiger partial charge >= 0.3 is 0 Å². The average Bonchev–Trinajstić information content (AvgIpc) is 3.25. The van der Waals surface area contributed by atoms with Crippen molar-refractivity contribution in [2.24, 2.45) is 11.8 Å². The lowest BCUT2D eigenvalue weighted by molar-refractivity contribution is -0.137. The number of piperidine rings is 1. The van der Waals surface area contributed by atoms with Gasteiger partial charge in [0.05, 0.1) is 0 Å². The normalized spacial score (nSPS) is 31.3. The minimum Gasteiger partial charge on any atom is -0.339 e. The van der Waals surface area contributed by atoms with Crippen molar-refractivity contribution in [3.8, 4) is 0 Å². The molecule has 3 rings (SSSR count). The number of rotatable bonds is 3. The van der Waals surface area contributed by atoms with Crippen molar-refractivity contribution in [3.05, 3.63) is 0 Å². The Balaban J connectivity index is 1.55. The van der Waals surface area contributed by atoms with E-state index in [0.717, 1.165) is 44.9 Å². The van der Waals surface area contributed by atoms with Crippen LogP contribution in [0.4, 0.5) is 0 Å². The highest BCUT2D eigenvalue weighted by atomic mass is 16.2. The van der Waals surface area contributed by atoms with Crippen molar-refractivity contribution < 1.29 is 4.79 Å². The van der Waals surface area contributed by atoms with E-state index in [1.54, 1.807) is 0 Å². The van der Waals surface area contributed by atoms with E-state index < -0.39 is 0 Å². The maximum Gasteiger partial charge on any atom is 0.225 e. The monoisotopic (exact) mass is 279 g/mol. The molecule has 0 radical (unpaired) electrons. The van der Waals surface area contributed by atoms with E-state index >= 15 is 0 Å². The zero-order chi connectivity index (χ0) is 14.2. The maximum atomic E-state index is 12.2. The van der Waals surface area contributed by atoms with Crippen molar-refractivity contribution >= 4 is 5.91 Å². The zero-order valence-corrected chi connectivity index (χ0v) is 13.0. The summed E-state index contributed by atoms with van der Waals surface area (Å²) in [7, 11) is 0. The number of hydrogen-bond acceptors (Lipinski definition) is 3. The number of nitrogens with one attached hydrogen (secondary N) is 1. The summed E-state index contributed by atoms with van der Waals surface area (Å²) in [6.45, 7) is 11.0. The number of carbonyl (C=O) groups excluding carboxylic acids is 1. The number of amides is 1. The SMILES string of the molecule is CC1(C)CN(C(=O)C2CC2)CCN1CC1CCCNC1. The van der Waals surface area contributed by atoms with E-state index in [-0.39, 0.29) is 5.54 Å². The fourth-order valence-electron chi connectivity index (χ4n) is 3.70. The van der Waals surface area contributed by atoms with Crippen LogP contribution in [0.3, 0.4) is 0 Å². The highest BCUT2D eigenvalue weighted by Crippen LogP contribution is 2.33. The topological polar surface area (TPSA) is 35.6 Å². The number of carbonyl (C=O) groups is 1. The van der Waals surface area contributed by atoms with Gasteiger partial charge in [0.15, 0.2) is 0 Å². The second-order valence-corrected chi connectivity index (χ2v) is 7.50. The molecule has 4 heteroatoms. The molecular formula is C16H29N3O. The third-order valence-electron chi connectivity index (χ3n) is 5.19. The van der Waals surface area contributed by atoms with Crippen molar-refractivity contribution in [2.75, 3.05) is 39.3 Å². The van der Waals surface area contributed by atoms with Crippen LogP contribution >= 0.6 is 0 Å². The zero-order valence-electron chi connectivity index (χ0n) is 13.0. The Hall–Kier alpha value is -0.610. The second-order valence-electron chi connectivity index (χ2n) is 7.50. The first-order valence-corrected chi connectivity index (χ1v) is 8.31. The Kier molecular flexibility index (Phi) is 4.04. The molecule has 2 heterocycles. The van der Waals surface area contributed by atoms with E-state index in [9.17, 15) is 4.79 Å². The molecule has 2 saturated heterocycles. The van der Waals surface area contributed by atoms with Gasteiger partial charge in [-0.3, -0.25) is 9.69 Å². The quantitative estimate of drug-likeness (QED) is 0.846. The van der Waals surface area contributed by atoms with Gasteiger partial charge in [-0.25, -0.2) is 0 Å². The van der Waals surface area contributed by atoms with Crippen LogP contribution < -0.4 is 5.32 Å². The second kappa shape index (κ2) is 5.64. The van der Waals surface area contributed by atoms with Gasteiger partial charge in [-0.2, -0.15) is 0 Å². The number of piperazine rings is 1. The lowest BCUT2D eigenvalue weighted by atomic mass is 9.93. The molecule has 1 saturated carbocycles. The van der Waals surface area contributed by atoms with Gasteiger partial charge in [0.25, 0.3) is 0 Å². The first-order valence-electron chi connectivity index (χ1n) is 8.31. The van der Waals surface area contributed by atoms with Crippen molar-refractivity contribution in [2.45, 2.75) is 45.1 Å². The molecule has 0 aromatic carbocycles. The van der Waals surface area contributed by atoms with Crippen LogP contribution in [0.25, 0.3) is 0 Å². The fraction of sp³-hybridized carbons (Fsp3) is 0.938. The summed E-state index contributed by atoms with van der Waals surface area (Å²) >= 11 is 0. The lowest BCUT2D eigenvalue weighted by Gasteiger charge is -2.48. The summed E-state index contributed by atoms with van der Waals surface area (Å²) in [6.07, 6.45) is 4.90. The molecule has 1 unspecified atom stereocenters. The minimum atomic E-state index is 0.125. The van der Waals surface area contributed by atoms with Crippen LogP contribution in [0, 0.1) is 11.8 Å². The molecule has 3 fully saturated rings. The van der Waals surface area contributed by atoms with Crippen LogP contribution in [0.15, 0.2) is 0 Å². The summed E-state index contributed by atoms with van der Waals surface area (Å²) in [5.41, 5.74) is 0.125. The standard InChI is InChI=1S/C16H29N3O/c1-16(2)12-18(15(20)14-5-6-14)8-9-19(16)11-13-4-3-7-17-10-13/h13-14,17H,3-12H2,1-2H3. The third kappa shape index (κ3) is 3.17. The van der Waals surface area contributed by atoms with Gasteiger partial charge < -0.3 is 10.2 Å². The van der Waals surface area contributed by atoms with E-state index in [2.05, 4.69) is 29.0 Å². The van der Waals surface area contributed by atoms with Gasteiger partial charge in [0, 0.05) is 37.6 Å². The predicted molar refractivity (Wildman–Crippen MR) is 80.5 cm³/mol. The van der Waals surface area contributed by atoms with Gasteiger partial charge in [0.1, 0.15) is 0 Å². The van der Waals surface area contributed by atoms with E-state index in [1.807, 2.05) is 0 Å². The van der Waals surface area contributed by atoms with Crippen LogP contribution in [0.1, 0.15) is 39.5 Å². The molecule has 4 nitrogen and oxygen atoms in total. The Bertz CT molecular complexity index is 359. The summed E-state index contributed by atoms with van der Waals surface area (Å²) < 4.78 is 0. The lowest BCUT2D eigenvalue weighted by Crippen LogP contribution is -2.61. The Morgan fingerprint density at radius 3 is 2.65 bits per heavy atom. The van der Waals surface area contributed by atoms with E-state index in [0.29, 0.717) is 11.8 Å². The molecular weight excluding hydrogens is 250 g/mol. The van der Waals surface area contributed by atoms with Crippen LogP contribution in [0.5, 0.6) is 0 Å². The molecule has 1 amide bonds. The summed E-state index contributed by atoms with van der Waals surface area (Å²) in [5, 5.41) is 3.51. The van der Waals surface area contributed by atoms with Crippen molar-refractivity contribution in [1.29, 1.82) is 0 Å². The highest BCUT2D eigenvalue weighted by Gasteiger charge is 2.40. The molecule has 20 heavy (non-hydrogen) atoms. The van der Waals surface area contributed by atoms with Gasteiger partial charge in [-0.05, 0) is 58.5 Å². The molecule has 2 aliphatic heterocycles. The van der Waals surface area contributed by atoms with Gasteiger partial charge in [-0.15, -0.1) is 0 Å². The van der Waals surface area contributed by atoms with Crippen LogP contribution in [0.2, 0.25) is 0 Å². The predicted octanol–water partition coefficient (Wildman–Crippen LogP) is 1.32. The van der Waals surface area contributed by atoms with E-state index in [1.165, 1.54) is 25.9 Å². The molecule has 1 atom stereocenters. The maximum absolute atomic E-state index is 12.2. The minimum absolute atomic E-state index is 0.125. The molecule has 0 aromatic rings. The van der Waals surface area contributed by atoms with Gasteiger partial charge in [0.2, 0.25) is 5.91 Å².